The van der Waals surface area contributed by atoms with Crippen LogP contribution in [0.4, 0.5) is 0 Å². The number of ketones is 1. The largest absolute Gasteiger partial charge is 0.507 e. The van der Waals surface area contributed by atoms with Gasteiger partial charge < -0.3 is 14.7 Å². The first-order chi connectivity index (χ1) is 17.1. The molecule has 0 aliphatic carbocycles. The van der Waals surface area contributed by atoms with Crippen LogP contribution in [0.1, 0.15) is 49.1 Å². The molecule has 3 aromatic carbocycles. The summed E-state index contributed by atoms with van der Waals surface area (Å²) >= 11 is 6.01. The number of aliphatic hydroxyl groups is 1. The Morgan fingerprint density at radius 2 is 1.56 bits per heavy atom. The Bertz CT molecular complexity index is 1290. The van der Waals surface area contributed by atoms with Crippen molar-refractivity contribution in [1.82, 2.24) is 4.90 Å². The van der Waals surface area contributed by atoms with Crippen molar-refractivity contribution in [3.8, 4) is 5.75 Å². The molecule has 1 amide bonds. The van der Waals surface area contributed by atoms with Gasteiger partial charge in [0.25, 0.3) is 11.7 Å². The number of amides is 1. The molecule has 1 heterocycles. The molecular weight excluding hydrogens is 474 g/mol. The van der Waals surface area contributed by atoms with Crippen LogP contribution in [0.2, 0.25) is 5.02 Å². The van der Waals surface area contributed by atoms with Crippen LogP contribution in [0.15, 0.2) is 78.4 Å². The number of benzene rings is 3. The number of nitrogens with zero attached hydrogens (tertiary/aromatic N) is 1. The van der Waals surface area contributed by atoms with Crippen molar-refractivity contribution in [2.45, 2.75) is 38.6 Å². The number of hydrogen-bond acceptors (Lipinski definition) is 4. The Morgan fingerprint density at radius 1 is 0.944 bits per heavy atom. The van der Waals surface area contributed by atoms with Crippen LogP contribution in [0.5, 0.6) is 5.75 Å². The molecule has 0 radical (unpaired) electrons. The lowest BCUT2D eigenvalue weighted by molar-refractivity contribution is -0.139. The van der Waals surface area contributed by atoms with E-state index in [1.165, 1.54) is 0 Å². The van der Waals surface area contributed by atoms with Crippen molar-refractivity contribution in [2.75, 3.05) is 13.7 Å². The highest BCUT2D eigenvalue weighted by molar-refractivity contribution is 6.46. The summed E-state index contributed by atoms with van der Waals surface area (Å²) in [6, 6.07) is 21.4. The first kappa shape index (κ1) is 25.5. The number of hydrogen-bond donors (Lipinski definition) is 1. The van der Waals surface area contributed by atoms with Gasteiger partial charge in [0.1, 0.15) is 11.5 Å². The van der Waals surface area contributed by atoms with Gasteiger partial charge >= 0.3 is 0 Å². The standard InChI is InChI=1S/C30H30ClNO4/c1-30(2,3)22-11-7-20(8-12-22)26-25(27(33)21-9-13-23(31)14-10-21)28(34)29(35)32(26)18-17-19-5-15-24(36-4)16-6-19/h5-16,26,33H,17-18H2,1-4H3/b27-25-. The smallest absolute Gasteiger partial charge is 0.295 e. The molecule has 0 spiro atoms. The molecule has 5 nitrogen and oxygen atoms in total. The van der Waals surface area contributed by atoms with E-state index in [4.69, 9.17) is 16.3 Å². The van der Waals surface area contributed by atoms with E-state index in [1.807, 2.05) is 48.5 Å². The Labute approximate surface area is 217 Å². The van der Waals surface area contributed by atoms with E-state index in [0.29, 0.717) is 23.6 Å². The fourth-order valence-corrected chi connectivity index (χ4v) is 4.55. The van der Waals surface area contributed by atoms with Crippen molar-refractivity contribution in [3.05, 3.63) is 106 Å². The minimum Gasteiger partial charge on any atom is -0.507 e. The minimum atomic E-state index is -0.701. The second-order valence-corrected chi connectivity index (χ2v) is 10.4. The van der Waals surface area contributed by atoms with Gasteiger partial charge in [-0.15, -0.1) is 0 Å². The molecule has 1 aliphatic rings. The van der Waals surface area contributed by atoms with Gasteiger partial charge in [0.15, 0.2) is 0 Å². The Hall–Kier alpha value is -3.57. The third-order valence-electron chi connectivity index (χ3n) is 6.55. The zero-order valence-corrected chi connectivity index (χ0v) is 21.7. The fraction of sp³-hybridized carbons (Fsp3) is 0.267. The van der Waals surface area contributed by atoms with E-state index in [1.54, 1.807) is 36.3 Å². The third-order valence-corrected chi connectivity index (χ3v) is 6.80. The summed E-state index contributed by atoms with van der Waals surface area (Å²) in [5.74, 6) is -0.769. The highest BCUT2D eigenvalue weighted by Crippen LogP contribution is 2.40. The van der Waals surface area contributed by atoms with Crippen molar-refractivity contribution in [2.24, 2.45) is 0 Å². The van der Waals surface area contributed by atoms with Gasteiger partial charge in [-0.1, -0.05) is 68.8 Å². The molecule has 1 unspecified atom stereocenters. The molecule has 1 fully saturated rings. The number of carbonyl (C=O) groups excluding carboxylic acids is 2. The van der Waals surface area contributed by atoms with E-state index < -0.39 is 17.7 Å². The lowest BCUT2D eigenvalue weighted by Gasteiger charge is -2.26. The summed E-state index contributed by atoms with van der Waals surface area (Å²) in [6.45, 7) is 6.70. The van der Waals surface area contributed by atoms with Gasteiger partial charge in [0.05, 0.1) is 18.7 Å². The van der Waals surface area contributed by atoms with Gasteiger partial charge in [-0.3, -0.25) is 9.59 Å². The SMILES string of the molecule is COc1ccc(CCN2C(=O)C(=O)/C(=C(\O)c3ccc(Cl)cc3)C2c2ccc(C(C)(C)C)cc2)cc1. The van der Waals surface area contributed by atoms with E-state index >= 15 is 0 Å². The molecule has 1 atom stereocenters. The average Bonchev–Trinajstić information content (AvgIpc) is 3.12. The topological polar surface area (TPSA) is 66.8 Å². The van der Waals surface area contributed by atoms with Crippen molar-refractivity contribution in [1.29, 1.82) is 0 Å². The fourth-order valence-electron chi connectivity index (χ4n) is 4.43. The highest BCUT2D eigenvalue weighted by Gasteiger charge is 2.45. The maximum absolute atomic E-state index is 13.3. The minimum absolute atomic E-state index is 0.0436. The number of halogens is 1. The first-order valence-corrected chi connectivity index (χ1v) is 12.3. The molecule has 0 aromatic heterocycles. The average molecular weight is 504 g/mol. The van der Waals surface area contributed by atoms with Gasteiger partial charge in [0.2, 0.25) is 0 Å². The molecule has 1 N–H and O–H groups in total. The van der Waals surface area contributed by atoms with Crippen LogP contribution in [0, 0.1) is 0 Å². The number of rotatable bonds is 6. The Kier molecular flexibility index (Phi) is 7.23. The molecule has 36 heavy (non-hydrogen) atoms. The zero-order valence-electron chi connectivity index (χ0n) is 20.9. The molecule has 0 bridgehead atoms. The number of carbonyl (C=O) groups is 2. The summed E-state index contributed by atoms with van der Waals surface area (Å²) in [5.41, 5.74) is 3.39. The van der Waals surface area contributed by atoms with Crippen LogP contribution in [-0.2, 0) is 21.4 Å². The van der Waals surface area contributed by atoms with Crippen molar-refractivity contribution in [3.63, 3.8) is 0 Å². The normalized spacial score (nSPS) is 17.5. The monoisotopic (exact) mass is 503 g/mol. The van der Waals surface area contributed by atoms with Gasteiger partial charge in [-0.25, -0.2) is 0 Å². The maximum atomic E-state index is 13.3. The second kappa shape index (κ2) is 10.2. The van der Waals surface area contributed by atoms with Gasteiger partial charge in [-0.2, -0.15) is 0 Å². The highest BCUT2D eigenvalue weighted by atomic mass is 35.5. The Balaban J connectivity index is 1.75. The predicted molar refractivity (Wildman–Crippen MR) is 142 cm³/mol. The van der Waals surface area contributed by atoms with Gasteiger partial charge in [0, 0.05) is 17.1 Å². The van der Waals surface area contributed by atoms with E-state index in [2.05, 4.69) is 20.8 Å². The number of likely N-dealkylation sites (tertiary alicyclic amines) is 1. The lowest BCUT2D eigenvalue weighted by atomic mass is 9.85. The lowest BCUT2D eigenvalue weighted by Crippen LogP contribution is -2.31. The summed E-state index contributed by atoms with van der Waals surface area (Å²) < 4.78 is 5.23. The third kappa shape index (κ3) is 5.17. The van der Waals surface area contributed by atoms with Crippen LogP contribution in [-0.4, -0.2) is 35.4 Å². The molecule has 1 aliphatic heterocycles. The molecular formula is C30H30ClNO4. The number of ether oxygens (including phenoxy) is 1. The second-order valence-electron chi connectivity index (χ2n) is 9.97. The van der Waals surface area contributed by atoms with Crippen LogP contribution >= 0.6 is 11.6 Å². The van der Waals surface area contributed by atoms with Crippen LogP contribution < -0.4 is 4.74 Å². The quantitative estimate of drug-likeness (QED) is 0.243. The Morgan fingerprint density at radius 3 is 2.11 bits per heavy atom. The summed E-state index contributed by atoms with van der Waals surface area (Å²) in [4.78, 5) is 28.0. The molecule has 6 heteroatoms. The summed E-state index contributed by atoms with van der Waals surface area (Å²) in [5, 5.41) is 11.7. The molecule has 4 rings (SSSR count). The maximum Gasteiger partial charge on any atom is 0.295 e. The molecule has 3 aromatic rings. The molecule has 0 saturated carbocycles. The predicted octanol–water partition coefficient (Wildman–Crippen LogP) is 6.31. The number of aliphatic hydroxyl groups excluding tert-OH is 1. The summed E-state index contributed by atoms with van der Waals surface area (Å²) in [7, 11) is 1.61. The first-order valence-electron chi connectivity index (χ1n) is 11.9. The molecule has 1 saturated heterocycles. The number of methoxy groups -OCH3 is 1. The van der Waals surface area contributed by atoms with E-state index in [-0.39, 0.29) is 16.7 Å². The molecule has 186 valence electrons. The zero-order chi connectivity index (χ0) is 26.0. The van der Waals surface area contributed by atoms with Crippen LogP contribution in [0.25, 0.3) is 5.76 Å². The van der Waals surface area contributed by atoms with E-state index in [9.17, 15) is 14.7 Å². The van der Waals surface area contributed by atoms with Crippen molar-refractivity contribution >= 4 is 29.1 Å². The van der Waals surface area contributed by atoms with Crippen LogP contribution in [0.3, 0.4) is 0 Å². The number of Topliss-reactive ketones (excluding diaryl/α,β-unsaturated/α-hetero) is 1. The van der Waals surface area contributed by atoms with Gasteiger partial charge in [-0.05, 0) is 64.9 Å². The van der Waals surface area contributed by atoms with E-state index in [0.717, 1.165) is 22.4 Å². The summed E-state index contributed by atoms with van der Waals surface area (Å²) in [6.07, 6.45) is 0.550. The van der Waals surface area contributed by atoms with Crippen molar-refractivity contribution < 1.29 is 19.4 Å².